The van der Waals surface area contributed by atoms with Gasteiger partial charge in [0, 0.05) is 19.3 Å². The lowest BCUT2D eigenvalue weighted by molar-refractivity contribution is -0.161. The van der Waals surface area contributed by atoms with Crippen molar-refractivity contribution in [2.45, 2.75) is 334 Å². The summed E-state index contributed by atoms with van der Waals surface area (Å²) >= 11 is 0. The van der Waals surface area contributed by atoms with Crippen molar-refractivity contribution >= 4 is 33.6 Å². The number of hydrogen-bond donors (Lipinski definition) is 4. The van der Waals surface area contributed by atoms with E-state index >= 15 is 0 Å². The van der Waals surface area contributed by atoms with E-state index in [0.29, 0.717) is 19.3 Å². The lowest BCUT2D eigenvalue weighted by Gasteiger charge is -2.21. The molecule has 0 aliphatic heterocycles. The third kappa shape index (κ3) is 78.3. The molecule has 0 aromatic heterocycles. The predicted molar refractivity (Wildman–Crippen MR) is 426 cm³/mol. The minimum absolute atomic E-state index is 0.0747. The first-order valence-corrected chi connectivity index (χ1v) is 43.1. The number of unbranched alkanes of at least 4 members (excludes halogenated alkanes) is 28. The average molecular weight is 1480 g/mol. The number of hydrogen-bond acceptors (Lipinski definition) is 14. The maximum Gasteiger partial charge on any atom is 0.472 e. The lowest BCUT2D eigenvalue weighted by atomic mass is 10.0. The molecule has 5 unspecified atom stereocenters. The van der Waals surface area contributed by atoms with Crippen LogP contribution in [0.4, 0.5) is 0 Å². The Kier molecular flexibility index (Phi) is 73.6. The molecule has 18 heteroatoms. The lowest BCUT2D eigenvalue weighted by Crippen LogP contribution is -2.30. The Labute approximate surface area is 626 Å². The first kappa shape index (κ1) is 98.4. The summed E-state index contributed by atoms with van der Waals surface area (Å²) < 4.78 is 61.1. The van der Waals surface area contributed by atoms with Crippen molar-refractivity contribution < 1.29 is 75.8 Å². The molecule has 103 heavy (non-hydrogen) atoms. The molecule has 0 saturated heterocycles. The van der Waals surface area contributed by atoms with E-state index in [1.165, 1.54) is 122 Å². The highest BCUT2D eigenvalue weighted by atomic mass is 31.2. The second kappa shape index (κ2) is 77.1. The van der Waals surface area contributed by atoms with Crippen LogP contribution in [0.1, 0.15) is 316 Å². The fourth-order valence-corrected chi connectivity index (χ4v) is 12.0. The summed E-state index contributed by atoms with van der Waals surface area (Å²) in [4.78, 5) is 58.6. The van der Waals surface area contributed by atoms with Gasteiger partial charge < -0.3 is 34.2 Å². The Morgan fingerprint density at radius 1 is 0.282 bits per heavy atom. The second-order valence-corrected chi connectivity index (χ2v) is 29.4. The first-order chi connectivity index (χ1) is 50.2. The van der Waals surface area contributed by atoms with Gasteiger partial charge in [-0.05, 0) is 148 Å². The van der Waals surface area contributed by atoms with E-state index < -0.39 is 91.5 Å². The van der Waals surface area contributed by atoms with Crippen molar-refractivity contribution in [3.05, 3.63) is 146 Å². The standard InChI is InChI=1S/C85H144O16P2/c1-4-7-10-13-16-19-22-25-28-30-32-34-35-36-37-38-39-40-41-42-43-45-47-48-51-53-56-59-62-65-68-71-83(88)95-74-80(86)75-97-102(91,92)98-76-81(87)77-99-103(93,94)100-79-82(101-85(90)73-70-67-64-61-58-55-50-27-24-21-18-15-12-9-6-3)78-96-84(89)72-69-66-63-60-57-54-52-49-46-44-33-31-29-26-23-20-17-14-11-8-5-2/h8,11,16-21,25-29,32-34,36-37,44,49-50,52,57,60,80-82,86-87H,4-7,9-10,12-15,22-24,30-31,35,38-43,45-48,51,53-56,58-59,61-79H2,1-3H3,(H,91,92)(H,93,94)/b11-8-,19-16-,20-17-,21-18-,28-25-,29-26-,34-32-,37-36-,44-33-,50-27-,52-49-,60-57-. The fourth-order valence-electron chi connectivity index (χ4n) is 10.4. The third-order valence-electron chi connectivity index (χ3n) is 16.5. The summed E-state index contributed by atoms with van der Waals surface area (Å²) in [7, 11) is -9.81. The number of allylic oxidation sites excluding steroid dienone is 24. The molecule has 0 saturated carbocycles. The average Bonchev–Trinajstić information content (AvgIpc) is 0.924. The Morgan fingerprint density at radius 2 is 0.515 bits per heavy atom. The molecule has 0 rings (SSSR count). The molecule has 0 aliphatic rings. The van der Waals surface area contributed by atoms with Crippen LogP contribution in [0.2, 0.25) is 0 Å². The zero-order valence-corrected chi connectivity index (χ0v) is 66.2. The highest BCUT2D eigenvalue weighted by Crippen LogP contribution is 2.45. The van der Waals surface area contributed by atoms with Crippen molar-refractivity contribution in [1.82, 2.24) is 0 Å². The normalized spacial score (nSPS) is 14.7. The van der Waals surface area contributed by atoms with Gasteiger partial charge in [-0.15, -0.1) is 0 Å². The summed E-state index contributed by atoms with van der Waals surface area (Å²) in [5.41, 5.74) is 0. The van der Waals surface area contributed by atoms with E-state index in [9.17, 15) is 43.5 Å². The number of carbonyl (C=O) groups excluding carboxylic acids is 3. The molecule has 0 radical (unpaired) electrons. The Morgan fingerprint density at radius 3 is 0.835 bits per heavy atom. The molecule has 0 amide bonds. The van der Waals surface area contributed by atoms with Crippen molar-refractivity contribution in [2.24, 2.45) is 0 Å². The molecule has 0 bridgehead atoms. The van der Waals surface area contributed by atoms with E-state index in [2.05, 4.69) is 167 Å². The SMILES string of the molecule is CC/C=C\C/C=C\C/C=C\C/C=C\C/C=C\C/C=C\CCCCC(=O)OCC(COP(=O)(O)OCC(O)COP(=O)(O)OCC(O)COC(=O)CCCCCCCCCCCCCCCCC/C=C\C/C=C\C/C=C\C/C=C\CCCCC)OC(=O)CCCCCCC/C=C\C/C=C\CCCCC. The molecular weight excluding hydrogens is 1340 g/mol. The topological polar surface area (TPSA) is 231 Å². The largest absolute Gasteiger partial charge is 0.472 e. The molecule has 16 nitrogen and oxygen atoms in total. The van der Waals surface area contributed by atoms with Crippen LogP contribution >= 0.6 is 15.6 Å². The van der Waals surface area contributed by atoms with E-state index in [-0.39, 0.29) is 19.3 Å². The van der Waals surface area contributed by atoms with E-state index in [1.54, 1.807) is 0 Å². The second-order valence-electron chi connectivity index (χ2n) is 26.5. The molecule has 0 fully saturated rings. The monoisotopic (exact) mass is 1480 g/mol. The number of aliphatic hydroxyl groups excluding tert-OH is 2. The van der Waals surface area contributed by atoms with Gasteiger partial charge in [0.25, 0.3) is 0 Å². The summed E-state index contributed by atoms with van der Waals surface area (Å²) in [6.45, 7) is 2.45. The summed E-state index contributed by atoms with van der Waals surface area (Å²) in [6.07, 6.45) is 94.8. The van der Waals surface area contributed by atoms with Crippen LogP contribution in [0.5, 0.6) is 0 Å². The number of carbonyl (C=O) groups is 3. The van der Waals surface area contributed by atoms with Gasteiger partial charge in [0.2, 0.25) is 0 Å². The van der Waals surface area contributed by atoms with Crippen LogP contribution in [-0.2, 0) is 55.8 Å². The van der Waals surface area contributed by atoms with Gasteiger partial charge in [0.15, 0.2) is 6.10 Å². The number of ether oxygens (including phenoxy) is 3. The molecule has 4 N–H and O–H groups in total. The minimum Gasteiger partial charge on any atom is -0.463 e. The minimum atomic E-state index is -4.95. The molecule has 590 valence electrons. The van der Waals surface area contributed by atoms with Crippen molar-refractivity contribution in [2.75, 3.05) is 39.6 Å². The number of esters is 3. The number of aliphatic hydroxyl groups is 2. The van der Waals surface area contributed by atoms with Crippen LogP contribution in [0, 0.1) is 0 Å². The Hall–Kier alpha value is -4.57. The van der Waals surface area contributed by atoms with Gasteiger partial charge in [-0.3, -0.25) is 32.5 Å². The Balaban J connectivity index is 4.54. The van der Waals surface area contributed by atoms with Crippen molar-refractivity contribution in [3.63, 3.8) is 0 Å². The van der Waals surface area contributed by atoms with Crippen LogP contribution in [0.25, 0.3) is 0 Å². The number of phosphoric ester groups is 2. The molecule has 0 aliphatic carbocycles. The van der Waals surface area contributed by atoms with Gasteiger partial charge in [-0.25, -0.2) is 9.13 Å². The van der Waals surface area contributed by atoms with Crippen molar-refractivity contribution in [1.29, 1.82) is 0 Å². The molecular formula is C85H144O16P2. The maximum atomic E-state index is 13.0. The molecule has 0 heterocycles. The zero-order chi connectivity index (χ0) is 75.2. The van der Waals surface area contributed by atoms with E-state index in [4.69, 9.17) is 32.3 Å². The fraction of sp³-hybridized carbons (Fsp3) is 0.682. The number of phosphoric acid groups is 2. The van der Waals surface area contributed by atoms with Gasteiger partial charge >= 0.3 is 33.6 Å². The molecule has 0 aromatic rings. The highest BCUT2D eigenvalue weighted by molar-refractivity contribution is 7.47. The quantitative estimate of drug-likeness (QED) is 0.0146. The van der Waals surface area contributed by atoms with Crippen LogP contribution < -0.4 is 0 Å². The highest BCUT2D eigenvalue weighted by Gasteiger charge is 2.29. The predicted octanol–water partition coefficient (Wildman–Crippen LogP) is 23.7. The Bertz CT molecular complexity index is 2450. The molecule has 0 aromatic carbocycles. The summed E-state index contributed by atoms with van der Waals surface area (Å²) in [5, 5.41) is 20.6. The molecule has 5 atom stereocenters. The summed E-state index contributed by atoms with van der Waals surface area (Å²) in [6, 6.07) is 0. The maximum absolute atomic E-state index is 13.0. The van der Waals surface area contributed by atoms with Crippen LogP contribution in [0.15, 0.2) is 146 Å². The van der Waals surface area contributed by atoms with Gasteiger partial charge in [-0.1, -0.05) is 295 Å². The van der Waals surface area contributed by atoms with Crippen molar-refractivity contribution in [3.8, 4) is 0 Å². The van der Waals surface area contributed by atoms with Gasteiger partial charge in [0.1, 0.15) is 25.4 Å². The number of rotatable bonds is 75. The summed E-state index contributed by atoms with van der Waals surface area (Å²) in [5.74, 6) is -1.64. The van der Waals surface area contributed by atoms with E-state index in [0.717, 1.165) is 135 Å². The van der Waals surface area contributed by atoms with Gasteiger partial charge in [0.05, 0.1) is 26.4 Å². The zero-order valence-electron chi connectivity index (χ0n) is 64.4. The first-order valence-electron chi connectivity index (χ1n) is 40.1. The molecule has 0 spiro atoms. The third-order valence-corrected chi connectivity index (χ3v) is 18.4. The van der Waals surface area contributed by atoms with Crippen LogP contribution in [0.3, 0.4) is 0 Å². The van der Waals surface area contributed by atoms with Gasteiger partial charge in [-0.2, -0.15) is 0 Å². The van der Waals surface area contributed by atoms with E-state index in [1.807, 2.05) is 0 Å². The smallest absolute Gasteiger partial charge is 0.463 e. The van der Waals surface area contributed by atoms with Crippen LogP contribution in [-0.4, -0.2) is 95.9 Å².